The minimum absolute atomic E-state index is 0.0179. The Kier molecular flexibility index (Phi) is 8.79. The maximum atomic E-state index is 15.0. The second kappa shape index (κ2) is 13.7. The number of rotatable bonds is 9. The molecular formula is C42H33N5O5. The van der Waals surface area contributed by atoms with E-state index in [1.807, 2.05) is 93.6 Å². The molecule has 0 fully saturated rings. The highest BCUT2D eigenvalue weighted by Gasteiger charge is 2.38. The van der Waals surface area contributed by atoms with Crippen molar-refractivity contribution in [3.05, 3.63) is 176 Å². The highest BCUT2D eigenvalue weighted by atomic mass is 16.6. The van der Waals surface area contributed by atoms with E-state index in [9.17, 15) is 14.9 Å². The van der Waals surface area contributed by atoms with Crippen molar-refractivity contribution < 1.29 is 19.3 Å². The third-order valence-corrected chi connectivity index (χ3v) is 8.90. The molecule has 7 rings (SSSR count). The van der Waals surface area contributed by atoms with Crippen LogP contribution in [0.3, 0.4) is 0 Å². The molecule has 0 heterocycles. The average Bonchev–Trinajstić information content (AvgIpc) is 3.14. The Morgan fingerprint density at radius 2 is 0.808 bits per heavy atom. The maximum absolute atomic E-state index is 15.0. The molecule has 4 N–H and O–H groups in total. The van der Waals surface area contributed by atoms with Gasteiger partial charge in [-0.05, 0) is 93.6 Å². The number of carbonyl (C=O) groups is 3. The highest BCUT2D eigenvalue weighted by molar-refractivity contribution is 6.35. The van der Waals surface area contributed by atoms with Crippen molar-refractivity contribution >= 4 is 63.0 Å². The summed E-state index contributed by atoms with van der Waals surface area (Å²) in [6.07, 6.45) is 0. The van der Waals surface area contributed by atoms with Gasteiger partial charge in [0.25, 0.3) is 11.6 Å². The molecule has 0 unspecified atom stereocenters. The van der Waals surface area contributed by atoms with E-state index >= 15 is 9.59 Å². The normalized spacial score (nSPS) is 11.7. The zero-order valence-electron chi connectivity index (χ0n) is 28.5. The van der Waals surface area contributed by atoms with E-state index in [0.717, 1.165) is 28.1 Å². The van der Waals surface area contributed by atoms with Crippen LogP contribution in [0.2, 0.25) is 0 Å². The number of anilines is 7. The van der Waals surface area contributed by atoms with Crippen molar-refractivity contribution in [1.29, 1.82) is 0 Å². The maximum Gasteiger partial charge on any atom is 0.269 e. The Labute approximate surface area is 299 Å². The summed E-state index contributed by atoms with van der Waals surface area (Å²) in [5.74, 6) is -1.50. The van der Waals surface area contributed by atoms with Crippen LogP contribution in [0.4, 0.5) is 45.5 Å². The zero-order chi connectivity index (χ0) is 36.5. The van der Waals surface area contributed by atoms with Gasteiger partial charge >= 0.3 is 0 Å². The Balaban J connectivity index is 1.39. The Morgan fingerprint density at radius 1 is 0.481 bits per heavy atom. The molecule has 0 atom stereocenters. The van der Waals surface area contributed by atoms with Gasteiger partial charge in [0.2, 0.25) is 0 Å². The molecular weight excluding hydrogens is 654 g/mol. The van der Waals surface area contributed by atoms with Gasteiger partial charge in [0.15, 0.2) is 11.6 Å². The summed E-state index contributed by atoms with van der Waals surface area (Å²) < 4.78 is 0. The van der Waals surface area contributed by atoms with Gasteiger partial charge in [0.1, 0.15) is 0 Å². The van der Waals surface area contributed by atoms with Gasteiger partial charge in [0.05, 0.1) is 49.9 Å². The van der Waals surface area contributed by atoms with E-state index in [-0.39, 0.29) is 39.2 Å². The fourth-order valence-corrected chi connectivity index (χ4v) is 6.12. The minimum Gasteiger partial charge on any atom is -0.355 e. The molecule has 10 nitrogen and oxygen atoms in total. The van der Waals surface area contributed by atoms with Crippen LogP contribution in [0.1, 0.15) is 58.9 Å². The summed E-state index contributed by atoms with van der Waals surface area (Å²) >= 11 is 0. The SMILES string of the molecule is Cc1ccc(Nc2ccc(NC(=O)c3ccc([N+](=O)[O-])cc3)c3c2C(=O)c2c(Nc4ccc(C)cc4)ccc(Nc4ccc(C)cc4)c2C3=O)cc1. The largest absolute Gasteiger partial charge is 0.355 e. The summed E-state index contributed by atoms with van der Waals surface area (Å²) in [4.78, 5) is 54.2. The number of fused-ring (bicyclic) bond motifs is 2. The van der Waals surface area contributed by atoms with E-state index in [0.29, 0.717) is 22.7 Å². The highest BCUT2D eigenvalue weighted by Crippen LogP contribution is 2.43. The van der Waals surface area contributed by atoms with E-state index in [1.165, 1.54) is 24.3 Å². The summed E-state index contributed by atoms with van der Waals surface area (Å²) in [6.45, 7) is 5.93. The molecule has 0 aromatic heterocycles. The smallest absolute Gasteiger partial charge is 0.269 e. The zero-order valence-corrected chi connectivity index (χ0v) is 28.5. The molecule has 0 saturated heterocycles. The summed E-state index contributed by atoms with van der Waals surface area (Å²) in [5, 5.41) is 24.0. The molecule has 10 heteroatoms. The van der Waals surface area contributed by atoms with Gasteiger partial charge in [-0.3, -0.25) is 24.5 Å². The molecule has 0 aliphatic heterocycles. The monoisotopic (exact) mass is 687 g/mol. The van der Waals surface area contributed by atoms with Crippen molar-refractivity contribution in [2.45, 2.75) is 20.8 Å². The van der Waals surface area contributed by atoms with Crippen LogP contribution in [0.15, 0.2) is 121 Å². The lowest BCUT2D eigenvalue weighted by Crippen LogP contribution is -2.27. The Hall–Kier alpha value is -7.07. The first-order chi connectivity index (χ1) is 25.0. The Morgan fingerprint density at radius 3 is 1.15 bits per heavy atom. The first-order valence-electron chi connectivity index (χ1n) is 16.6. The van der Waals surface area contributed by atoms with Gasteiger partial charge in [-0.1, -0.05) is 53.1 Å². The van der Waals surface area contributed by atoms with Gasteiger partial charge < -0.3 is 21.3 Å². The predicted octanol–water partition coefficient (Wildman–Crippen LogP) is 9.78. The molecule has 0 spiro atoms. The van der Waals surface area contributed by atoms with E-state index in [1.54, 1.807) is 24.3 Å². The molecule has 1 aliphatic rings. The fraction of sp³-hybridized carbons (Fsp3) is 0.0714. The van der Waals surface area contributed by atoms with Crippen LogP contribution < -0.4 is 21.3 Å². The molecule has 6 aromatic rings. The topological polar surface area (TPSA) is 142 Å². The quantitative estimate of drug-likeness (QED) is 0.0868. The van der Waals surface area contributed by atoms with Crippen molar-refractivity contribution in [2.75, 3.05) is 21.3 Å². The number of hydrogen-bond acceptors (Lipinski definition) is 8. The second-order valence-corrected chi connectivity index (χ2v) is 12.7. The molecule has 0 bridgehead atoms. The van der Waals surface area contributed by atoms with Gasteiger partial charge in [-0.15, -0.1) is 0 Å². The Bertz CT molecular complexity index is 2390. The second-order valence-electron chi connectivity index (χ2n) is 12.7. The number of non-ortho nitro benzene ring substituents is 1. The molecule has 0 saturated carbocycles. The van der Waals surface area contributed by atoms with Crippen LogP contribution in [-0.4, -0.2) is 22.4 Å². The fourth-order valence-electron chi connectivity index (χ4n) is 6.12. The molecule has 6 aromatic carbocycles. The number of nitro benzene ring substituents is 1. The van der Waals surface area contributed by atoms with Gasteiger partial charge in [-0.25, -0.2) is 0 Å². The lowest BCUT2D eigenvalue weighted by molar-refractivity contribution is -0.384. The van der Waals surface area contributed by atoms with Crippen molar-refractivity contribution in [3.8, 4) is 0 Å². The number of nitrogens with zero attached hydrogens (tertiary/aromatic N) is 1. The predicted molar refractivity (Wildman–Crippen MR) is 204 cm³/mol. The van der Waals surface area contributed by atoms with Crippen LogP contribution in [0, 0.1) is 30.9 Å². The number of amides is 1. The standard InChI is InChI=1S/C42H33N5O5/c1-24-4-12-28(13-5-24)43-32-20-21-33(44-29-14-6-25(2)7-15-29)37-36(32)40(48)38-34(45-30-16-8-26(3)9-17-30)22-23-35(39(38)41(37)49)46-42(50)27-10-18-31(19-11-27)47(51)52/h4-23,43-45H,1-3H3,(H,46,50). The van der Waals surface area contributed by atoms with Crippen LogP contribution >= 0.6 is 0 Å². The third-order valence-electron chi connectivity index (χ3n) is 8.90. The number of hydrogen-bond donors (Lipinski definition) is 4. The van der Waals surface area contributed by atoms with E-state index < -0.39 is 22.4 Å². The van der Waals surface area contributed by atoms with Crippen molar-refractivity contribution in [1.82, 2.24) is 0 Å². The summed E-state index contributed by atoms with van der Waals surface area (Å²) in [5.41, 5.74) is 7.13. The number of nitro groups is 1. The number of benzene rings is 6. The van der Waals surface area contributed by atoms with Crippen LogP contribution in [0.5, 0.6) is 0 Å². The van der Waals surface area contributed by atoms with Crippen molar-refractivity contribution in [2.24, 2.45) is 0 Å². The number of nitrogens with one attached hydrogen (secondary N) is 4. The van der Waals surface area contributed by atoms with Crippen LogP contribution in [-0.2, 0) is 0 Å². The van der Waals surface area contributed by atoms with Gasteiger partial charge in [-0.2, -0.15) is 0 Å². The summed E-state index contributed by atoms with van der Waals surface area (Å²) in [6, 6.07) is 34.9. The molecule has 1 amide bonds. The number of carbonyl (C=O) groups excluding carboxylic acids is 3. The average molecular weight is 688 g/mol. The summed E-state index contributed by atoms with van der Waals surface area (Å²) in [7, 11) is 0. The lowest BCUT2D eigenvalue weighted by Gasteiger charge is -2.27. The number of ketones is 2. The molecule has 52 heavy (non-hydrogen) atoms. The van der Waals surface area contributed by atoms with Crippen molar-refractivity contribution in [3.63, 3.8) is 0 Å². The third kappa shape index (κ3) is 6.60. The lowest BCUT2D eigenvalue weighted by atomic mass is 9.80. The van der Waals surface area contributed by atoms with E-state index in [4.69, 9.17) is 0 Å². The van der Waals surface area contributed by atoms with Crippen LogP contribution in [0.25, 0.3) is 0 Å². The van der Waals surface area contributed by atoms with E-state index in [2.05, 4.69) is 21.3 Å². The van der Waals surface area contributed by atoms with Gasteiger partial charge in [0, 0.05) is 34.8 Å². The first kappa shape index (κ1) is 33.4. The molecule has 0 radical (unpaired) electrons. The molecule has 1 aliphatic carbocycles. The number of aryl methyl sites for hydroxylation is 3. The minimum atomic E-state index is -0.602. The first-order valence-corrected chi connectivity index (χ1v) is 16.6. The molecule has 256 valence electrons.